The van der Waals surface area contributed by atoms with E-state index in [1.165, 1.54) is 17.0 Å². The van der Waals surface area contributed by atoms with Gasteiger partial charge in [0.1, 0.15) is 0 Å². The fourth-order valence-electron chi connectivity index (χ4n) is 1.41. The maximum absolute atomic E-state index is 4.45. The van der Waals surface area contributed by atoms with Gasteiger partial charge in [-0.05, 0) is 25.3 Å². The van der Waals surface area contributed by atoms with Crippen LogP contribution in [0.15, 0.2) is 0 Å². The van der Waals surface area contributed by atoms with E-state index in [4.69, 9.17) is 0 Å². The first kappa shape index (κ1) is 14.8. The lowest BCUT2D eigenvalue weighted by molar-refractivity contribution is 0.825. The number of rotatable bonds is 3. The lowest BCUT2D eigenvalue weighted by Crippen LogP contribution is -2.04. The number of hydrogen-bond acceptors (Lipinski definition) is 2. The average molecular weight is 320 g/mol. The summed E-state index contributed by atoms with van der Waals surface area (Å²) in [5, 5.41) is 0. The van der Waals surface area contributed by atoms with Crippen LogP contribution in [0.25, 0.3) is 0 Å². The molecule has 0 aliphatic rings. The van der Waals surface area contributed by atoms with Crippen LogP contribution in [-0.4, -0.2) is 9.97 Å². The first-order valence-corrected chi connectivity index (χ1v) is 6.78. The van der Waals surface area contributed by atoms with Crippen LogP contribution in [0.4, 0.5) is 0 Å². The van der Waals surface area contributed by atoms with E-state index in [9.17, 15) is 0 Å². The minimum absolute atomic E-state index is 0.878. The highest BCUT2D eigenvalue weighted by molar-refractivity contribution is 14.1. The monoisotopic (exact) mass is 320 g/mol. The van der Waals surface area contributed by atoms with Crippen molar-refractivity contribution in [3.8, 4) is 0 Å². The second kappa shape index (κ2) is 8.02. The number of halogens is 1. The van der Waals surface area contributed by atoms with Gasteiger partial charge in [-0.2, -0.15) is 0 Å². The summed E-state index contributed by atoms with van der Waals surface area (Å²) in [5.41, 5.74) is 3.70. The Morgan fingerprint density at radius 3 is 2.07 bits per heavy atom. The lowest BCUT2D eigenvalue weighted by Gasteiger charge is -2.07. The van der Waals surface area contributed by atoms with Gasteiger partial charge in [0.15, 0.2) is 3.83 Å². The van der Waals surface area contributed by atoms with Crippen LogP contribution < -0.4 is 0 Å². The van der Waals surface area contributed by atoms with Crippen molar-refractivity contribution in [1.82, 2.24) is 9.97 Å². The molecule has 15 heavy (non-hydrogen) atoms. The maximum Gasteiger partial charge on any atom is 0.191 e. The summed E-state index contributed by atoms with van der Waals surface area (Å²) >= 11 is 2.19. The Morgan fingerprint density at radius 1 is 1.07 bits per heavy atom. The Kier molecular flexibility index (Phi) is 7.92. The van der Waals surface area contributed by atoms with E-state index < -0.39 is 0 Å². The van der Waals surface area contributed by atoms with Crippen molar-refractivity contribution in [1.29, 1.82) is 0 Å². The molecule has 2 nitrogen and oxygen atoms in total. The van der Waals surface area contributed by atoms with Crippen LogP contribution in [0.2, 0.25) is 0 Å². The first-order valence-electron chi connectivity index (χ1n) is 5.70. The van der Waals surface area contributed by atoms with E-state index in [2.05, 4.69) is 53.3 Å². The van der Waals surface area contributed by atoms with E-state index in [1.54, 1.807) is 0 Å². The predicted octanol–water partition coefficient (Wildman–Crippen LogP) is 3.93. The van der Waals surface area contributed by atoms with Gasteiger partial charge in [-0.25, -0.2) is 9.97 Å². The zero-order valence-electron chi connectivity index (χ0n) is 10.4. The summed E-state index contributed by atoms with van der Waals surface area (Å²) < 4.78 is 0.878. The molecule has 0 aromatic carbocycles. The molecule has 0 atom stereocenters. The molecule has 0 radical (unpaired) electrons. The van der Waals surface area contributed by atoms with E-state index in [0.717, 1.165) is 23.1 Å². The molecule has 0 N–H and O–H groups in total. The normalized spacial score (nSPS) is 9.47. The van der Waals surface area contributed by atoms with Crippen molar-refractivity contribution < 1.29 is 0 Å². The molecule has 1 aromatic heterocycles. The van der Waals surface area contributed by atoms with Crippen LogP contribution in [0.5, 0.6) is 0 Å². The number of hydrogen-bond donors (Lipinski definition) is 0. The highest BCUT2D eigenvalue weighted by Crippen LogP contribution is 2.13. The van der Waals surface area contributed by atoms with Gasteiger partial charge >= 0.3 is 0 Å². The lowest BCUT2D eigenvalue weighted by atomic mass is 10.1. The third kappa shape index (κ3) is 4.45. The van der Waals surface area contributed by atoms with Crippen molar-refractivity contribution in [2.45, 2.75) is 53.9 Å². The van der Waals surface area contributed by atoms with Crippen LogP contribution in [0, 0.1) is 10.8 Å². The average Bonchev–Trinajstić information content (AvgIpc) is 2.26. The third-order valence-electron chi connectivity index (χ3n) is 2.14. The SMILES string of the molecule is CC.CCCc1nc(I)nc(CC)c1C. The molecule has 0 bridgehead atoms. The summed E-state index contributed by atoms with van der Waals surface area (Å²) in [6.45, 7) is 10.4. The minimum Gasteiger partial charge on any atom is -0.228 e. The molecule has 0 saturated heterocycles. The number of aromatic nitrogens is 2. The Hall–Kier alpha value is -0.190. The molecule has 1 aromatic rings. The molecule has 0 saturated carbocycles. The number of nitrogens with zero attached hydrogens (tertiary/aromatic N) is 2. The van der Waals surface area contributed by atoms with E-state index in [0.29, 0.717) is 0 Å². The highest BCUT2D eigenvalue weighted by Gasteiger charge is 2.06. The van der Waals surface area contributed by atoms with Gasteiger partial charge in [-0.15, -0.1) is 0 Å². The molecular weight excluding hydrogens is 299 g/mol. The molecular formula is C12H21IN2. The van der Waals surface area contributed by atoms with Gasteiger partial charge in [0.2, 0.25) is 0 Å². The smallest absolute Gasteiger partial charge is 0.191 e. The molecule has 0 amide bonds. The fraction of sp³-hybridized carbons (Fsp3) is 0.667. The van der Waals surface area contributed by atoms with E-state index in [1.807, 2.05) is 13.8 Å². The molecule has 86 valence electrons. The molecule has 1 heterocycles. The minimum atomic E-state index is 0.878. The Bertz CT molecular complexity index is 298. The molecule has 0 fully saturated rings. The topological polar surface area (TPSA) is 25.8 Å². The molecule has 0 spiro atoms. The van der Waals surface area contributed by atoms with E-state index >= 15 is 0 Å². The second-order valence-corrected chi connectivity index (χ2v) is 4.08. The summed E-state index contributed by atoms with van der Waals surface area (Å²) in [4.78, 5) is 8.86. The summed E-state index contributed by atoms with van der Waals surface area (Å²) in [6.07, 6.45) is 3.22. The molecule has 0 aliphatic heterocycles. The first-order chi connectivity index (χ1) is 7.19. The Morgan fingerprint density at radius 2 is 1.60 bits per heavy atom. The third-order valence-corrected chi connectivity index (χ3v) is 2.62. The van der Waals surface area contributed by atoms with Gasteiger partial charge in [-0.3, -0.25) is 0 Å². The summed E-state index contributed by atoms with van der Waals surface area (Å²) in [7, 11) is 0. The zero-order chi connectivity index (χ0) is 11.8. The van der Waals surface area contributed by atoms with Crippen molar-refractivity contribution in [2.75, 3.05) is 0 Å². The highest BCUT2D eigenvalue weighted by atomic mass is 127. The molecule has 1 rings (SSSR count). The Balaban J connectivity index is 0.000000921. The number of aryl methyl sites for hydroxylation is 2. The fourth-order valence-corrected chi connectivity index (χ4v) is 1.99. The maximum atomic E-state index is 4.45. The molecule has 0 aliphatic carbocycles. The zero-order valence-corrected chi connectivity index (χ0v) is 12.6. The molecule has 3 heteroatoms. The predicted molar refractivity (Wildman–Crippen MR) is 74.2 cm³/mol. The van der Waals surface area contributed by atoms with Crippen molar-refractivity contribution in [3.05, 3.63) is 20.8 Å². The van der Waals surface area contributed by atoms with Crippen molar-refractivity contribution in [2.24, 2.45) is 0 Å². The standard InChI is InChI=1S/C10H15IN2.C2H6/c1-4-6-9-7(3)8(5-2)12-10(11)13-9;1-2/h4-6H2,1-3H3;1-2H3. The van der Waals surface area contributed by atoms with Crippen LogP contribution >= 0.6 is 22.6 Å². The van der Waals surface area contributed by atoms with Gasteiger partial charge < -0.3 is 0 Å². The molecule has 0 unspecified atom stereocenters. The largest absolute Gasteiger partial charge is 0.228 e. The van der Waals surface area contributed by atoms with Gasteiger partial charge in [-0.1, -0.05) is 34.1 Å². The Labute approximate surface area is 107 Å². The summed E-state index contributed by atoms with van der Waals surface area (Å²) in [6, 6.07) is 0. The van der Waals surface area contributed by atoms with E-state index in [-0.39, 0.29) is 0 Å². The van der Waals surface area contributed by atoms with Gasteiger partial charge in [0.25, 0.3) is 0 Å². The van der Waals surface area contributed by atoms with Crippen LogP contribution in [0.1, 0.15) is 51.1 Å². The van der Waals surface area contributed by atoms with Crippen molar-refractivity contribution >= 4 is 22.6 Å². The van der Waals surface area contributed by atoms with Gasteiger partial charge in [0, 0.05) is 34.0 Å². The van der Waals surface area contributed by atoms with Crippen LogP contribution in [0.3, 0.4) is 0 Å². The van der Waals surface area contributed by atoms with Crippen LogP contribution in [-0.2, 0) is 12.8 Å². The van der Waals surface area contributed by atoms with Crippen molar-refractivity contribution in [3.63, 3.8) is 0 Å². The quantitative estimate of drug-likeness (QED) is 0.623. The summed E-state index contributed by atoms with van der Waals surface area (Å²) in [5.74, 6) is 0. The second-order valence-electron chi connectivity index (χ2n) is 3.11. The van der Waals surface area contributed by atoms with Gasteiger partial charge in [0.05, 0.1) is 0 Å².